The summed E-state index contributed by atoms with van der Waals surface area (Å²) in [6.07, 6.45) is 7.17. The molecule has 4 nitrogen and oxygen atoms in total. The van der Waals surface area contributed by atoms with Crippen LogP contribution in [0.4, 0.5) is 5.69 Å². The predicted octanol–water partition coefficient (Wildman–Crippen LogP) is 5.60. The second-order valence-corrected chi connectivity index (χ2v) is 10.8. The molecule has 0 bridgehead atoms. The van der Waals surface area contributed by atoms with E-state index in [9.17, 15) is 8.42 Å². The number of anilines is 1. The summed E-state index contributed by atoms with van der Waals surface area (Å²) in [5.41, 5.74) is 3.04. The Morgan fingerprint density at radius 3 is 2.55 bits per heavy atom. The Hall–Kier alpha value is -1.53. The Bertz CT molecular complexity index is 1090. The number of hydrogen-bond acceptors (Lipinski definition) is 3. The van der Waals surface area contributed by atoms with Crippen LogP contribution in [-0.2, 0) is 10.0 Å². The topological polar surface area (TPSA) is 49.4 Å². The highest BCUT2D eigenvalue weighted by molar-refractivity contribution is 7.89. The van der Waals surface area contributed by atoms with Gasteiger partial charge in [-0.2, -0.15) is 4.31 Å². The average molecular weight is 449 g/mol. The molecule has 1 aliphatic carbocycles. The maximum absolute atomic E-state index is 13.0. The largest absolute Gasteiger partial charge is 0.378 e. The maximum Gasteiger partial charge on any atom is 0.243 e. The van der Waals surface area contributed by atoms with Crippen molar-refractivity contribution in [1.82, 2.24) is 4.31 Å². The monoisotopic (exact) mass is 448 g/mol. The number of halogens is 2. The number of nitrogens with zero attached hydrogens (tertiary/aromatic N) is 1. The Balaban J connectivity index is 1.54. The third-order valence-electron chi connectivity index (χ3n) is 6.33. The molecule has 3 aliphatic rings. The molecule has 1 saturated heterocycles. The van der Waals surface area contributed by atoms with Gasteiger partial charge in [0.25, 0.3) is 0 Å². The lowest BCUT2D eigenvalue weighted by atomic mass is 9.77. The number of nitrogens with one attached hydrogen (secondary N) is 1. The second kappa shape index (κ2) is 7.31. The van der Waals surface area contributed by atoms with E-state index in [1.807, 2.05) is 24.3 Å². The van der Waals surface area contributed by atoms with Crippen LogP contribution in [0.5, 0.6) is 0 Å². The first kappa shape index (κ1) is 19.4. The van der Waals surface area contributed by atoms with Crippen molar-refractivity contribution in [1.29, 1.82) is 0 Å². The Morgan fingerprint density at radius 1 is 1.00 bits per heavy atom. The summed E-state index contributed by atoms with van der Waals surface area (Å²) in [6.45, 7) is 1.22. The fraction of sp³-hybridized carbons (Fsp3) is 0.364. The molecule has 0 saturated carbocycles. The molecule has 2 heterocycles. The third-order valence-corrected chi connectivity index (χ3v) is 8.79. The molecule has 5 rings (SSSR count). The zero-order valence-electron chi connectivity index (χ0n) is 15.8. The molecule has 2 aromatic rings. The summed E-state index contributed by atoms with van der Waals surface area (Å²) < 4.78 is 27.7. The van der Waals surface area contributed by atoms with E-state index in [1.165, 1.54) is 0 Å². The van der Waals surface area contributed by atoms with Crippen molar-refractivity contribution in [2.75, 3.05) is 18.4 Å². The molecule has 1 N–H and O–H groups in total. The molecule has 0 radical (unpaired) electrons. The number of allylic oxidation sites excluding steroid dienone is 2. The van der Waals surface area contributed by atoms with Crippen LogP contribution < -0.4 is 5.32 Å². The molecule has 0 amide bonds. The molecule has 3 atom stereocenters. The van der Waals surface area contributed by atoms with Crippen molar-refractivity contribution >= 4 is 38.9 Å². The van der Waals surface area contributed by atoms with Crippen LogP contribution in [0.2, 0.25) is 10.0 Å². The fourth-order valence-corrected chi connectivity index (χ4v) is 6.95. The zero-order valence-corrected chi connectivity index (χ0v) is 18.1. The van der Waals surface area contributed by atoms with Gasteiger partial charge in [-0.25, -0.2) is 8.42 Å². The van der Waals surface area contributed by atoms with E-state index in [2.05, 4.69) is 17.5 Å². The minimum Gasteiger partial charge on any atom is -0.378 e. The molecule has 2 aromatic carbocycles. The van der Waals surface area contributed by atoms with Gasteiger partial charge in [0.1, 0.15) is 0 Å². The lowest BCUT2D eigenvalue weighted by Crippen LogP contribution is -2.31. The van der Waals surface area contributed by atoms with Crippen molar-refractivity contribution in [2.45, 2.75) is 36.1 Å². The van der Waals surface area contributed by atoms with Crippen LogP contribution in [0.25, 0.3) is 0 Å². The van der Waals surface area contributed by atoms with E-state index in [0.29, 0.717) is 28.0 Å². The molecule has 0 aromatic heterocycles. The highest BCUT2D eigenvalue weighted by Gasteiger charge is 2.39. The minimum absolute atomic E-state index is 0.0494. The molecule has 7 heteroatoms. The smallest absolute Gasteiger partial charge is 0.243 e. The standard InChI is InChI=1S/C22H22Cl2N2O2S/c23-14-6-8-18(20(24)12-14)22-17-5-3-4-16(17)19-13-15(7-9-21(19)25-22)29(27,28)26-10-1-2-11-26/h3-4,6-9,12-13,16-17,22,25H,1-2,5,10-11H2. The first-order valence-corrected chi connectivity index (χ1v) is 12.2. The van der Waals surface area contributed by atoms with Crippen molar-refractivity contribution in [3.8, 4) is 0 Å². The van der Waals surface area contributed by atoms with E-state index < -0.39 is 10.0 Å². The van der Waals surface area contributed by atoms with Gasteiger partial charge in [-0.05, 0) is 66.6 Å². The molecule has 1 fully saturated rings. The Kier molecular flexibility index (Phi) is 4.90. The minimum atomic E-state index is -3.43. The second-order valence-electron chi connectivity index (χ2n) is 8.00. The average Bonchev–Trinajstić information content (AvgIpc) is 3.39. The molecular formula is C22H22Cl2N2O2S. The highest BCUT2D eigenvalue weighted by Crippen LogP contribution is 2.51. The van der Waals surface area contributed by atoms with E-state index in [0.717, 1.165) is 36.1 Å². The Labute approximate surface area is 181 Å². The molecule has 0 spiro atoms. The van der Waals surface area contributed by atoms with Gasteiger partial charge in [0.2, 0.25) is 10.0 Å². The van der Waals surface area contributed by atoms with Crippen LogP contribution >= 0.6 is 23.2 Å². The number of fused-ring (bicyclic) bond motifs is 3. The lowest BCUT2D eigenvalue weighted by Gasteiger charge is -2.38. The van der Waals surface area contributed by atoms with Crippen molar-refractivity contribution < 1.29 is 8.42 Å². The summed E-state index contributed by atoms with van der Waals surface area (Å²) in [7, 11) is -3.43. The van der Waals surface area contributed by atoms with E-state index in [-0.39, 0.29) is 17.9 Å². The summed E-state index contributed by atoms with van der Waals surface area (Å²) in [5.74, 6) is 0.447. The molecule has 29 heavy (non-hydrogen) atoms. The summed E-state index contributed by atoms with van der Waals surface area (Å²) in [5, 5.41) is 4.89. The van der Waals surface area contributed by atoms with Gasteiger partial charge in [-0.1, -0.05) is 41.4 Å². The van der Waals surface area contributed by atoms with Gasteiger partial charge in [0.05, 0.1) is 10.9 Å². The summed E-state index contributed by atoms with van der Waals surface area (Å²) in [6, 6.07) is 11.2. The molecule has 2 aliphatic heterocycles. The van der Waals surface area contributed by atoms with E-state index >= 15 is 0 Å². The van der Waals surface area contributed by atoms with Gasteiger partial charge < -0.3 is 5.32 Å². The van der Waals surface area contributed by atoms with Crippen LogP contribution in [0.1, 0.15) is 42.3 Å². The van der Waals surface area contributed by atoms with Crippen LogP contribution in [-0.4, -0.2) is 25.8 Å². The lowest BCUT2D eigenvalue weighted by molar-refractivity contribution is 0.425. The van der Waals surface area contributed by atoms with Crippen LogP contribution in [0.3, 0.4) is 0 Å². The van der Waals surface area contributed by atoms with Crippen molar-refractivity contribution in [2.24, 2.45) is 5.92 Å². The third kappa shape index (κ3) is 3.28. The number of benzene rings is 2. The highest BCUT2D eigenvalue weighted by atomic mass is 35.5. The summed E-state index contributed by atoms with van der Waals surface area (Å²) >= 11 is 12.6. The van der Waals surface area contributed by atoms with Gasteiger partial charge in [0, 0.05) is 34.7 Å². The number of hydrogen-bond donors (Lipinski definition) is 1. The predicted molar refractivity (Wildman–Crippen MR) is 117 cm³/mol. The van der Waals surface area contributed by atoms with Gasteiger partial charge in [-0.15, -0.1) is 0 Å². The van der Waals surface area contributed by atoms with E-state index in [4.69, 9.17) is 23.2 Å². The van der Waals surface area contributed by atoms with Crippen molar-refractivity contribution in [3.63, 3.8) is 0 Å². The van der Waals surface area contributed by atoms with Crippen LogP contribution in [0, 0.1) is 5.92 Å². The number of sulfonamides is 1. The van der Waals surface area contributed by atoms with Gasteiger partial charge in [0.15, 0.2) is 0 Å². The normalized spacial score (nSPS) is 26.2. The van der Waals surface area contributed by atoms with E-state index in [1.54, 1.807) is 16.4 Å². The molecular weight excluding hydrogens is 427 g/mol. The Morgan fingerprint density at radius 2 is 1.79 bits per heavy atom. The van der Waals surface area contributed by atoms with Crippen LogP contribution in [0.15, 0.2) is 53.4 Å². The quantitative estimate of drug-likeness (QED) is 0.621. The number of rotatable bonds is 3. The molecule has 152 valence electrons. The maximum atomic E-state index is 13.0. The first-order chi connectivity index (χ1) is 13.9. The first-order valence-electron chi connectivity index (χ1n) is 9.97. The van der Waals surface area contributed by atoms with Crippen molar-refractivity contribution in [3.05, 3.63) is 69.7 Å². The SMILES string of the molecule is O=S(=O)(c1ccc2c(c1)C1C=CCC1C(c1ccc(Cl)cc1Cl)N2)N1CCCC1. The molecule has 3 unspecified atom stereocenters. The van der Waals surface area contributed by atoms with Gasteiger partial charge >= 0.3 is 0 Å². The summed E-state index contributed by atoms with van der Waals surface area (Å²) in [4.78, 5) is 0.391. The van der Waals surface area contributed by atoms with Gasteiger partial charge in [-0.3, -0.25) is 0 Å². The fourth-order valence-electron chi connectivity index (χ4n) is 4.87. The zero-order chi connectivity index (χ0) is 20.2.